The van der Waals surface area contributed by atoms with Crippen molar-refractivity contribution in [1.29, 1.82) is 0 Å². The van der Waals surface area contributed by atoms with Crippen LogP contribution in [0.15, 0.2) is 91.3 Å². The van der Waals surface area contributed by atoms with E-state index in [4.69, 9.17) is 19.4 Å². The van der Waals surface area contributed by atoms with Crippen LogP contribution in [0.2, 0.25) is 0 Å². The number of carbonyl (C=O) groups is 4. The fourth-order valence-electron chi connectivity index (χ4n) is 9.80. The molecule has 14 heteroatoms. The van der Waals surface area contributed by atoms with Crippen LogP contribution in [0.1, 0.15) is 81.8 Å². The minimum absolute atomic E-state index is 0.0263. The van der Waals surface area contributed by atoms with E-state index >= 15 is 0 Å². The van der Waals surface area contributed by atoms with Crippen molar-refractivity contribution in [3.63, 3.8) is 0 Å². The van der Waals surface area contributed by atoms with Gasteiger partial charge >= 0.3 is 6.09 Å². The van der Waals surface area contributed by atoms with Crippen LogP contribution < -0.4 is 10.6 Å². The molecular weight excluding hydrogens is 797 g/mol. The Bertz CT molecular complexity index is 2440. The number of aromatic nitrogens is 4. The summed E-state index contributed by atoms with van der Waals surface area (Å²) in [4.78, 5) is 73.9. The third-order valence-electron chi connectivity index (χ3n) is 13.5. The summed E-state index contributed by atoms with van der Waals surface area (Å²) in [6, 6.07) is 24.2. The number of methoxy groups -OCH3 is 2. The fraction of sp³-hybridized carbons (Fsp3) is 0.429. The number of amides is 4. The molecule has 0 unspecified atom stereocenters. The van der Waals surface area contributed by atoms with Crippen LogP contribution in [0.5, 0.6) is 0 Å². The van der Waals surface area contributed by atoms with E-state index in [1.165, 1.54) is 7.11 Å². The van der Waals surface area contributed by atoms with Crippen LogP contribution in [-0.4, -0.2) is 93.0 Å². The van der Waals surface area contributed by atoms with Crippen molar-refractivity contribution in [2.24, 2.45) is 29.6 Å². The van der Waals surface area contributed by atoms with Gasteiger partial charge in [-0.2, -0.15) is 0 Å². The molecule has 4 fully saturated rings. The third-order valence-corrected chi connectivity index (χ3v) is 13.5. The summed E-state index contributed by atoms with van der Waals surface area (Å²) in [5.74, 6) is 1.92. The van der Waals surface area contributed by atoms with Gasteiger partial charge < -0.3 is 39.9 Å². The number of imidazole rings is 2. The van der Waals surface area contributed by atoms with Crippen molar-refractivity contribution in [3.8, 4) is 33.6 Å². The highest BCUT2D eigenvalue weighted by molar-refractivity contribution is 5.91. The third kappa shape index (κ3) is 8.48. The van der Waals surface area contributed by atoms with E-state index in [9.17, 15) is 19.2 Å². The molecule has 328 valence electrons. The van der Waals surface area contributed by atoms with Gasteiger partial charge in [-0.1, -0.05) is 99.6 Å². The lowest BCUT2D eigenvalue weighted by Crippen LogP contribution is -2.52. The monoisotopic (exact) mass is 852 g/mol. The lowest BCUT2D eigenvalue weighted by molar-refractivity contribution is -0.138. The SMILES string of the molecule is COC[C@H]1C[C@@H](c2ncc(-c3ccc(-c4ccc(-c5cnc([C@@H]6C[C@H]7[C@@H](C)[C@H]7N6C(=O)[C@@H](NC(=O)OC)C(C)C)[nH]5)cc4)cc3)[nH]2)N(C(=O)[C@H](NC(=O)C2CC2)c2ccccc2)C1. The first-order valence-electron chi connectivity index (χ1n) is 22.1. The van der Waals surface area contributed by atoms with Gasteiger partial charge in [0.1, 0.15) is 23.7 Å². The zero-order valence-corrected chi connectivity index (χ0v) is 36.4. The van der Waals surface area contributed by atoms with Crippen molar-refractivity contribution < 1.29 is 28.7 Å². The van der Waals surface area contributed by atoms with E-state index in [1.807, 2.05) is 66.4 Å². The van der Waals surface area contributed by atoms with Crippen LogP contribution in [0, 0.1) is 29.6 Å². The van der Waals surface area contributed by atoms with Gasteiger partial charge in [-0.3, -0.25) is 14.4 Å². The first-order chi connectivity index (χ1) is 30.5. The van der Waals surface area contributed by atoms with E-state index in [2.05, 4.69) is 76.1 Å². The number of aromatic amines is 2. The van der Waals surface area contributed by atoms with Crippen molar-refractivity contribution in [2.75, 3.05) is 27.4 Å². The second kappa shape index (κ2) is 17.5. The van der Waals surface area contributed by atoms with Gasteiger partial charge in [0, 0.05) is 31.5 Å². The Hall–Kier alpha value is -6.28. The molecule has 3 aromatic carbocycles. The van der Waals surface area contributed by atoms with E-state index in [-0.39, 0.29) is 53.6 Å². The van der Waals surface area contributed by atoms with Gasteiger partial charge in [0.25, 0.3) is 0 Å². The van der Waals surface area contributed by atoms with Crippen LogP contribution in [0.4, 0.5) is 4.79 Å². The van der Waals surface area contributed by atoms with Crippen LogP contribution in [0.3, 0.4) is 0 Å². The normalized spacial score (nSPS) is 23.6. The van der Waals surface area contributed by atoms with Gasteiger partial charge in [0.05, 0.1) is 49.6 Å². The molecule has 9 rings (SSSR count). The number of likely N-dealkylation sites (tertiary alicyclic amines) is 2. The number of benzene rings is 3. The van der Waals surface area contributed by atoms with Crippen LogP contribution in [-0.2, 0) is 23.9 Å². The van der Waals surface area contributed by atoms with Gasteiger partial charge in [-0.15, -0.1) is 0 Å². The largest absolute Gasteiger partial charge is 0.453 e. The molecule has 4 aliphatic rings. The molecule has 4 heterocycles. The lowest BCUT2D eigenvalue weighted by atomic mass is 10.0. The highest BCUT2D eigenvalue weighted by atomic mass is 16.5. The lowest BCUT2D eigenvalue weighted by Gasteiger charge is -2.32. The van der Waals surface area contributed by atoms with Gasteiger partial charge in [-0.05, 0) is 71.3 Å². The predicted octanol–water partition coefficient (Wildman–Crippen LogP) is 7.23. The number of rotatable bonds is 14. The quantitative estimate of drug-likeness (QED) is 0.0906. The maximum atomic E-state index is 14.4. The molecule has 0 radical (unpaired) electrons. The molecule has 2 saturated heterocycles. The Morgan fingerprint density at radius 3 is 1.90 bits per heavy atom. The van der Waals surface area contributed by atoms with Gasteiger partial charge in [0.15, 0.2) is 0 Å². The topological polar surface area (TPSA) is 175 Å². The van der Waals surface area contributed by atoms with Crippen molar-refractivity contribution in [3.05, 3.63) is 108 Å². The highest BCUT2D eigenvalue weighted by Crippen LogP contribution is 2.57. The Morgan fingerprint density at radius 1 is 0.762 bits per heavy atom. The van der Waals surface area contributed by atoms with Crippen LogP contribution >= 0.6 is 0 Å². The Kier molecular flexibility index (Phi) is 11.7. The smallest absolute Gasteiger partial charge is 0.407 e. The summed E-state index contributed by atoms with van der Waals surface area (Å²) in [6.07, 6.45) is 6.25. The number of H-pyrrole nitrogens is 2. The molecule has 2 aliphatic heterocycles. The summed E-state index contributed by atoms with van der Waals surface area (Å²) in [5, 5.41) is 5.82. The summed E-state index contributed by atoms with van der Waals surface area (Å²) < 4.78 is 10.4. The Balaban J connectivity index is 0.881. The molecule has 4 N–H and O–H groups in total. The first kappa shape index (κ1) is 42.0. The molecule has 14 nitrogen and oxygen atoms in total. The number of nitrogens with one attached hydrogen (secondary N) is 4. The van der Waals surface area contributed by atoms with Crippen LogP contribution in [0.25, 0.3) is 33.6 Å². The number of nitrogens with zero attached hydrogens (tertiary/aromatic N) is 4. The summed E-state index contributed by atoms with van der Waals surface area (Å²) in [7, 11) is 2.98. The van der Waals surface area contributed by atoms with Gasteiger partial charge in [0.2, 0.25) is 17.7 Å². The average molecular weight is 853 g/mol. The van der Waals surface area contributed by atoms with E-state index in [0.29, 0.717) is 37.2 Å². The molecule has 5 aromatic rings. The summed E-state index contributed by atoms with van der Waals surface area (Å²) >= 11 is 0. The highest BCUT2D eigenvalue weighted by Gasteiger charge is 2.61. The first-order valence-corrected chi connectivity index (χ1v) is 22.1. The number of piperidine rings is 1. The molecule has 4 amide bonds. The molecule has 0 bridgehead atoms. The standard InChI is InChI=1S/C49H56N8O6/c1-27(2)41(55-49(61)63-5)48(60)57-40(22-36-28(3)43(36)57)45-51-24-38(53-45)33-17-13-31(14-18-33)30-11-15-32(16-12-30)37-23-50-44(52-37)39-21-29(26-62-4)25-56(39)47(59)42(34-9-7-6-8-10-34)54-46(58)35-19-20-35/h6-18,23-24,27-29,35-36,39-43H,19-22,25-26H2,1-5H3,(H,50,52)(H,51,53)(H,54,58)(H,55,61)/t28-,29+,36+,39+,40+,41+,42-,43-/m1/s1. The maximum Gasteiger partial charge on any atom is 0.407 e. The number of hydrogen-bond donors (Lipinski definition) is 4. The summed E-state index contributed by atoms with van der Waals surface area (Å²) in [6.45, 7) is 7.04. The number of fused-ring (bicyclic) bond motifs is 1. The van der Waals surface area contributed by atoms with E-state index in [1.54, 1.807) is 7.11 Å². The number of ether oxygens (including phenoxy) is 2. The van der Waals surface area contributed by atoms with Gasteiger partial charge in [-0.25, -0.2) is 14.8 Å². The number of hydrogen-bond acceptors (Lipinski definition) is 8. The summed E-state index contributed by atoms with van der Waals surface area (Å²) in [5.41, 5.74) is 6.53. The van der Waals surface area contributed by atoms with E-state index < -0.39 is 18.2 Å². The van der Waals surface area contributed by atoms with E-state index in [0.717, 1.165) is 64.3 Å². The maximum absolute atomic E-state index is 14.4. The minimum atomic E-state index is -0.785. The van der Waals surface area contributed by atoms with Crippen molar-refractivity contribution in [2.45, 2.75) is 76.7 Å². The molecule has 2 saturated carbocycles. The fourth-order valence-corrected chi connectivity index (χ4v) is 9.80. The molecule has 8 atom stereocenters. The number of carbonyl (C=O) groups excluding carboxylic acids is 4. The predicted molar refractivity (Wildman–Crippen MR) is 236 cm³/mol. The molecule has 0 spiro atoms. The molecule has 63 heavy (non-hydrogen) atoms. The van der Waals surface area contributed by atoms with Crippen molar-refractivity contribution in [1.82, 2.24) is 40.4 Å². The minimum Gasteiger partial charge on any atom is -0.453 e. The zero-order chi connectivity index (χ0) is 43.9. The molecular formula is C49H56N8O6. The zero-order valence-electron chi connectivity index (χ0n) is 36.4. The second-order valence-corrected chi connectivity index (χ2v) is 18.1. The molecule has 2 aromatic heterocycles. The van der Waals surface area contributed by atoms with Crippen molar-refractivity contribution >= 4 is 23.8 Å². The Labute approximate surface area is 367 Å². The molecule has 2 aliphatic carbocycles. The average Bonchev–Trinajstić information content (AvgIpc) is 3.85. The second-order valence-electron chi connectivity index (χ2n) is 18.1. The Morgan fingerprint density at radius 2 is 1.35 bits per heavy atom. The number of alkyl carbamates (subject to hydrolysis) is 1.